The molecule has 1 saturated heterocycles. The molecule has 0 spiro atoms. The number of likely N-dealkylation sites (tertiary alicyclic amines) is 1. The summed E-state index contributed by atoms with van der Waals surface area (Å²) in [7, 11) is -3.93. The molecule has 1 aliphatic heterocycles. The van der Waals surface area contributed by atoms with Crippen LogP contribution in [0.15, 0.2) is 47.4 Å². The number of carbonyl (C=O) groups is 3. The van der Waals surface area contributed by atoms with Crippen LogP contribution in [-0.2, 0) is 24.4 Å². The largest absolute Gasteiger partial charge is 0.325 e. The lowest BCUT2D eigenvalue weighted by Gasteiger charge is -2.14. The van der Waals surface area contributed by atoms with Gasteiger partial charge >= 0.3 is 0 Å². The monoisotopic (exact) mass is 469 g/mol. The first-order chi connectivity index (χ1) is 15.6. The molecule has 0 bridgehead atoms. The number of hydrogen-bond donors (Lipinski definition) is 2. The van der Waals surface area contributed by atoms with Crippen molar-refractivity contribution in [2.45, 2.75) is 31.6 Å². The highest BCUT2D eigenvalue weighted by molar-refractivity contribution is 7.92. The van der Waals surface area contributed by atoms with Gasteiger partial charge in [-0.1, -0.05) is 12.2 Å². The molecule has 10 nitrogen and oxygen atoms in total. The molecule has 3 amide bonds. The van der Waals surface area contributed by atoms with Crippen molar-refractivity contribution in [2.75, 3.05) is 16.6 Å². The highest BCUT2D eigenvalue weighted by Crippen LogP contribution is 2.34. The van der Waals surface area contributed by atoms with Gasteiger partial charge in [0.1, 0.15) is 6.54 Å². The van der Waals surface area contributed by atoms with Crippen LogP contribution < -0.4 is 10.0 Å². The number of benzene rings is 1. The first-order valence-electron chi connectivity index (χ1n) is 10.4. The van der Waals surface area contributed by atoms with E-state index in [1.54, 1.807) is 19.9 Å². The number of rotatable bonds is 6. The zero-order valence-corrected chi connectivity index (χ0v) is 18.9. The van der Waals surface area contributed by atoms with Crippen LogP contribution in [0, 0.1) is 25.7 Å². The maximum Gasteiger partial charge on any atom is 0.264 e. The molecule has 2 N–H and O–H groups in total. The number of allylic oxidation sites excluding steroid dienone is 2. The van der Waals surface area contributed by atoms with Gasteiger partial charge in [0.2, 0.25) is 23.7 Å². The Bertz CT molecular complexity index is 1210. The Labute approximate surface area is 191 Å². The quantitative estimate of drug-likeness (QED) is 0.486. The van der Waals surface area contributed by atoms with Crippen LogP contribution in [-0.4, -0.2) is 47.6 Å². The van der Waals surface area contributed by atoms with Crippen molar-refractivity contribution >= 4 is 39.4 Å². The van der Waals surface area contributed by atoms with Crippen LogP contribution in [0.5, 0.6) is 0 Å². The maximum absolute atomic E-state index is 12.6. The minimum absolute atomic E-state index is 0.0272. The summed E-state index contributed by atoms with van der Waals surface area (Å²) in [4.78, 5) is 46.5. The predicted octanol–water partition coefficient (Wildman–Crippen LogP) is 1.78. The molecule has 1 aliphatic carbocycles. The lowest BCUT2D eigenvalue weighted by Crippen LogP contribution is -2.38. The summed E-state index contributed by atoms with van der Waals surface area (Å²) >= 11 is 0. The lowest BCUT2D eigenvalue weighted by atomic mass is 9.85. The second-order valence-corrected chi connectivity index (χ2v) is 9.75. The van der Waals surface area contributed by atoms with Gasteiger partial charge in [-0.15, -0.1) is 0 Å². The van der Waals surface area contributed by atoms with Crippen LogP contribution >= 0.6 is 0 Å². The molecule has 2 aromatic rings. The Morgan fingerprint density at radius 3 is 2.09 bits per heavy atom. The van der Waals surface area contributed by atoms with Crippen molar-refractivity contribution in [3.63, 3.8) is 0 Å². The van der Waals surface area contributed by atoms with Crippen molar-refractivity contribution in [3.8, 4) is 0 Å². The van der Waals surface area contributed by atoms with Gasteiger partial charge in [-0.2, -0.15) is 0 Å². The zero-order valence-electron chi connectivity index (χ0n) is 18.1. The fraction of sp³-hybridized carbons (Fsp3) is 0.318. The Morgan fingerprint density at radius 1 is 1.00 bits per heavy atom. The van der Waals surface area contributed by atoms with E-state index in [1.807, 2.05) is 12.2 Å². The summed E-state index contributed by atoms with van der Waals surface area (Å²) in [5, 5.41) is 2.59. The van der Waals surface area contributed by atoms with Gasteiger partial charge in [0.25, 0.3) is 10.0 Å². The third-order valence-corrected chi connectivity index (χ3v) is 6.90. The van der Waals surface area contributed by atoms with Gasteiger partial charge in [-0.25, -0.2) is 23.1 Å². The number of aryl methyl sites for hydroxylation is 2. The summed E-state index contributed by atoms with van der Waals surface area (Å²) in [6, 6.07) is 7.22. The van der Waals surface area contributed by atoms with Crippen molar-refractivity contribution < 1.29 is 22.8 Å². The number of nitrogens with zero attached hydrogens (tertiary/aromatic N) is 3. The molecule has 2 heterocycles. The zero-order chi connectivity index (χ0) is 23.8. The number of anilines is 2. The van der Waals surface area contributed by atoms with Crippen LogP contribution in [0.1, 0.15) is 24.2 Å². The second-order valence-electron chi connectivity index (χ2n) is 8.07. The second kappa shape index (κ2) is 8.74. The molecule has 1 aromatic carbocycles. The van der Waals surface area contributed by atoms with E-state index in [2.05, 4.69) is 20.0 Å². The third kappa shape index (κ3) is 4.77. The summed E-state index contributed by atoms with van der Waals surface area (Å²) in [5.74, 6) is -2.01. The number of aromatic nitrogens is 2. The number of hydrogen-bond acceptors (Lipinski definition) is 7. The van der Waals surface area contributed by atoms with E-state index in [0.717, 1.165) is 4.90 Å². The minimum Gasteiger partial charge on any atom is -0.325 e. The highest BCUT2D eigenvalue weighted by Gasteiger charge is 2.47. The maximum atomic E-state index is 12.6. The molecule has 172 valence electrons. The van der Waals surface area contributed by atoms with E-state index in [0.29, 0.717) is 29.9 Å². The number of nitrogens with one attached hydrogen (secondary N) is 2. The van der Waals surface area contributed by atoms with Crippen molar-refractivity contribution in [2.24, 2.45) is 11.8 Å². The normalized spacial score (nSPS) is 20.0. The van der Waals surface area contributed by atoms with Gasteiger partial charge in [-0.3, -0.25) is 19.3 Å². The first kappa shape index (κ1) is 22.6. The molecule has 4 rings (SSSR count). The smallest absolute Gasteiger partial charge is 0.264 e. The van der Waals surface area contributed by atoms with Crippen molar-refractivity contribution in [1.29, 1.82) is 0 Å². The Balaban J connectivity index is 1.39. The van der Waals surface area contributed by atoms with Gasteiger partial charge in [0.15, 0.2) is 0 Å². The molecular formula is C22H23N5O5S. The molecule has 1 aromatic heterocycles. The van der Waals surface area contributed by atoms with E-state index in [4.69, 9.17) is 0 Å². The molecular weight excluding hydrogens is 446 g/mol. The summed E-state index contributed by atoms with van der Waals surface area (Å²) in [5.41, 5.74) is 1.59. The lowest BCUT2D eigenvalue weighted by molar-refractivity contribution is -0.142. The minimum atomic E-state index is -3.93. The molecule has 2 atom stereocenters. The average Bonchev–Trinajstić information content (AvgIpc) is 2.98. The molecule has 33 heavy (non-hydrogen) atoms. The van der Waals surface area contributed by atoms with Gasteiger partial charge in [0, 0.05) is 17.1 Å². The van der Waals surface area contributed by atoms with Crippen LogP contribution in [0.25, 0.3) is 0 Å². The van der Waals surface area contributed by atoms with E-state index in [1.165, 1.54) is 24.3 Å². The first-order valence-corrected chi connectivity index (χ1v) is 11.9. The van der Waals surface area contributed by atoms with Gasteiger partial charge in [-0.05, 0) is 57.0 Å². The SMILES string of the molecule is Cc1cc(C)nc(NS(=O)(=O)c2ccc(NC(=O)CN3C(=O)[C@@H]4CC=CC[C@H]4C3=O)cc2)n1. The number of carbonyl (C=O) groups excluding carboxylic acids is 3. The third-order valence-electron chi connectivity index (χ3n) is 5.56. The van der Waals surface area contributed by atoms with Gasteiger partial charge in [0.05, 0.1) is 16.7 Å². The molecule has 1 fully saturated rings. The predicted molar refractivity (Wildman–Crippen MR) is 119 cm³/mol. The van der Waals surface area contributed by atoms with E-state index in [-0.39, 0.29) is 29.2 Å². The van der Waals surface area contributed by atoms with Crippen LogP contribution in [0.2, 0.25) is 0 Å². The topological polar surface area (TPSA) is 138 Å². The Kier molecular flexibility index (Phi) is 5.98. The number of sulfonamides is 1. The molecule has 0 unspecified atom stereocenters. The number of imide groups is 1. The molecule has 0 saturated carbocycles. The van der Waals surface area contributed by atoms with Crippen molar-refractivity contribution in [3.05, 3.63) is 53.9 Å². The Morgan fingerprint density at radius 2 is 1.55 bits per heavy atom. The standard InChI is InChI=1S/C22H23N5O5S/c1-13-11-14(2)24-22(23-13)26-33(31,32)16-9-7-15(8-10-16)25-19(28)12-27-20(29)17-5-3-4-6-18(17)21(27)30/h3-4,7-11,17-18H,5-6,12H2,1-2H3,(H,25,28)(H,23,24,26)/t17-,18-/m1/s1. The number of amides is 3. The highest BCUT2D eigenvalue weighted by atomic mass is 32.2. The van der Waals surface area contributed by atoms with E-state index in [9.17, 15) is 22.8 Å². The summed E-state index contributed by atoms with van der Waals surface area (Å²) < 4.78 is 27.6. The summed E-state index contributed by atoms with van der Waals surface area (Å²) in [6.45, 7) is 3.09. The summed E-state index contributed by atoms with van der Waals surface area (Å²) in [6.07, 6.45) is 4.77. The van der Waals surface area contributed by atoms with E-state index >= 15 is 0 Å². The molecule has 2 aliphatic rings. The average molecular weight is 470 g/mol. The fourth-order valence-electron chi connectivity index (χ4n) is 4.04. The van der Waals surface area contributed by atoms with Crippen molar-refractivity contribution in [1.82, 2.24) is 14.9 Å². The molecule has 0 radical (unpaired) electrons. The Hall–Kier alpha value is -3.60. The van der Waals surface area contributed by atoms with Crippen LogP contribution in [0.3, 0.4) is 0 Å². The fourth-order valence-corrected chi connectivity index (χ4v) is 4.98. The number of fused-ring (bicyclic) bond motifs is 1. The molecule has 11 heteroatoms. The van der Waals surface area contributed by atoms with Crippen LogP contribution in [0.4, 0.5) is 11.6 Å². The van der Waals surface area contributed by atoms with E-state index < -0.39 is 27.8 Å². The van der Waals surface area contributed by atoms with Gasteiger partial charge < -0.3 is 5.32 Å².